The molecule has 2 fully saturated rings. The van der Waals surface area contributed by atoms with Gasteiger partial charge in [0.15, 0.2) is 0 Å². The molecule has 3 N–H and O–H groups in total. The van der Waals surface area contributed by atoms with Crippen molar-refractivity contribution in [2.75, 3.05) is 6.54 Å². The summed E-state index contributed by atoms with van der Waals surface area (Å²) in [5.74, 6) is -1.71. The lowest BCUT2D eigenvalue weighted by Crippen LogP contribution is -2.45. The molecule has 0 aromatic carbocycles. The van der Waals surface area contributed by atoms with Crippen LogP contribution in [0, 0.1) is 5.92 Å². The molecule has 0 aromatic heterocycles. The number of hydrogen-bond donors (Lipinski definition) is 3. The van der Waals surface area contributed by atoms with E-state index in [1.807, 2.05) is 13.8 Å². The zero-order valence-corrected chi connectivity index (χ0v) is 14.1. The first-order valence-corrected chi connectivity index (χ1v) is 8.41. The average molecular weight is 339 g/mol. The van der Waals surface area contributed by atoms with Crippen molar-refractivity contribution in [3.63, 3.8) is 0 Å². The molecule has 1 saturated heterocycles. The molecule has 8 nitrogen and oxygen atoms in total. The third-order valence-electron chi connectivity index (χ3n) is 4.61. The molecule has 1 aliphatic carbocycles. The number of carbonyl (C=O) groups is 4. The van der Waals surface area contributed by atoms with Gasteiger partial charge < -0.3 is 15.7 Å². The summed E-state index contributed by atoms with van der Waals surface area (Å²) in [6.45, 7) is 3.71. The summed E-state index contributed by atoms with van der Waals surface area (Å²) in [5.41, 5.74) is -0.783. The maximum Gasteiger partial charge on any atom is 0.326 e. The summed E-state index contributed by atoms with van der Waals surface area (Å²) in [7, 11) is 0. The maximum atomic E-state index is 12.4. The van der Waals surface area contributed by atoms with Crippen LogP contribution in [0.2, 0.25) is 0 Å². The Hall–Kier alpha value is -2.12. The third kappa shape index (κ3) is 3.85. The second-order valence-corrected chi connectivity index (χ2v) is 7.01. The van der Waals surface area contributed by atoms with Crippen LogP contribution in [-0.4, -0.2) is 51.9 Å². The predicted molar refractivity (Wildman–Crippen MR) is 85.1 cm³/mol. The van der Waals surface area contributed by atoms with Gasteiger partial charge in [0.2, 0.25) is 5.91 Å². The van der Waals surface area contributed by atoms with Gasteiger partial charge in [0.25, 0.3) is 5.91 Å². The molecule has 0 bridgehead atoms. The van der Waals surface area contributed by atoms with E-state index >= 15 is 0 Å². The fourth-order valence-electron chi connectivity index (χ4n) is 3.37. The Morgan fingerprint density at radius 3 is 2.46 bits per heavy atom. The van der Waals surface area contributed by atoms with Crippen LogP contribution < -0.4 is 10.6 Å². The van der Waals surface area contributed by atoms with Gasteiger partial charge in [0.05, 0.1) is 0 Å². The van der Waals surface area contributed by atoms with Gasteiger partial charge in [-0.05, 0) is 25.2 Å². The molecule has 1 spiro atoms. The number of rotatable bonds is 7. The number of nitrogens with one attached hydrogen (secondary N) is 2. The van der Waals surface area contributed by atoms with Crippen molar-refractivity contribution in [3.05, 3.63) is 0 Å². The number of urea groups is 1. The van der Waals surface area contributed by atoms with Crippen molar-refractivity contribution in [3.8, 4) is 0 Å². The molecule has 1 atom stereocenters. The maximum absolute atomic E-state index is 12.4. The van der Waals surface area contributed by atoms with E-state index in [1.54, 1.807) is 0 Å². The van der Waals surface area contributed by atoms with E-state index in [2.05, 4.69) is 10.6 Å². The van der Waals surface area contributed by atoms with Crippen LogP contribution in [0.15, 0.2) is 0 Å². The minimum atomic E-state index is -1.09. The molecular formula is C16H25N3O5. The average Bonchev–Trinajstić information content (AvgIpc) is 3.03. The van der Waals surface area contributed by atoms with E-state index in [4.69, 9.17) is 5.11 Å². The molecule has 0 aromatic rings. The van der Waals surface area contributed by atoms with Crippen LogP contribution in [0.25, 0.3) is 0 Å². The van der Waals surface area contributed by atoms with E-state index < -0.39 is 29.5 Å². The minimum absolute atomic E-state index is 0.0354. The summed E-state index contributed by atoms with van der Waals surface area (Å²) in [6.07, 6.45) is 3.29. The molecule has 1 heterocycles. The Kier molecular flexibility index (Phi) is 5.46. The van der Waals surface area contributed by atoms with Gasteiger partial charge in [-0.25, -0.2) is 9.59 Å². The summed E-state index contributed by atoms with van der Waals surface area (Å²) < 4.78 is 0. The highest BCUT2D eigenvalue weighted by Crippen LogP contribution is 2.34. The van der Waals surface area contributed by atoms with Crippen LogP contribution in [-0.2, 0) is 14.4 Å². The Balaban J connectivity index is 1.88. The molecule has 134 valence electrons. The fraction of sp³-hybridized carbons (Fsp3) is 0.750. The van der Waals surface area contributed by atoms with Gasteiger partial charge in [-0.15, -0.1) is 0 Å². The van der Waals surface area contributed by atoms with Gasteiger partial charge in [-0.2, -0.15) is 0 Å². The zero-order valence-electron chi connectivity index (χ0n) is 14.1. The number of nitrogens with zero attached hydrogens (tertiary/aromatic N) is 1. The quantitative estimate of drug-likeness (QED) is 0.595. The largest absolute Gasteiger partial charge is 0.480 e. The number of carbonyl (C=O) groups excluding carboxylic acids is 3. The summed E-state index contributed by atoms with van der Waals surface area (Å²) in [4.78, 5) is 48.7. The molecule has 1 aliphatic heterocycles. The van der Waals surface area contributed by atoms with Gasteiger partial charge >= 0.3 is 12.0 Å². The topological polar surface area (TPSA) is 116 Å². The van der Waals surface area contributed by atoms with Crippen molar-refractivity contribution in [2.24, 2.45) is 5.92 Å². The van der Waals surface area contributed by atoms with Gasteiger partial charge in [-0.1, -0.05) is 26.7 Å². The first kappa shape index (κ1) is 18.2. The Morgan fingerprint density at radius 2 is 1.92 bits per heavy atom. The van der Waals surface area contributed by atoms with E-state index in [1.165, 1.54) is 0 Å². The monoisotopic (exact) mass is 339 g/mol. The number of aliphatic carboxylic acids is 1. The standard InChI is InChI=1S/C16H25N3O5/c1-10(2)9-11(13(21)22)17-12(20)5-8-19-14(23)16(18-15(19)24)6-3-4-7-16/h10-11H,3-9H2,1-2H3,(H,17,20)(H,18,24)(H,21,22)/t11-/m0/s1. The minimum Gasteiger partial charge on any atom is -0.480 e. The van der Waals surface area contributed by atoms with Crippen molar-refractivity contribution >= 4 is 23.8 Å². The van der Waals surface area contributed by atoms with Crippen LogP contribution in [0.1, 0.15) is 52.4 Å². The third-order valence-corrected chi connectivity index (χ3v) is 4.61. The van der Waals surface area contributed by atoms with E-state index in [0.29, 0.717) is 19.3 Å². The van der Waals surface area contributed by atoms with Gasteiger partial charge in [0.1, 0.15) is 11.6 Å². The van der Waals surface area contributed by atoms with Crippen molar-refractivity contribution < 1.29 is 24.3 Å². The Morgan fingerprint density at radius 1 is 1.29 bits per heavy atom. The van der Waals surface area contributed by atoms with Gasteiger partial charge in [-0.3, -0.25) is 14.5 Å². The number of hydrogen-bond acceptors (Lipinski definition) is 4. The Labute approximate surface area is 141 Å². The van der Waals surface area contributed by atoms with Crippen molar-refractivity contribution in [1.82, 2.24) is 15.5 Å². The first-order valence-electron chi connectivity index (χ1n) is 8.41. The molecule has 0 radical (unpaired) electrons. The highest BCUT2D eigenvalue weighted by atomic mass is 16.4. The van der Waals surface area contributed by atoms with Gasteiger partial charge in [0, 0.05) is 13.0 Å². The van der Waals surface area contributed by atoms with Crippen molar-refractivity contribution in [1.29, 1.82) is 0 Å². The summed E-state index contributed by atoms with van der Waals surface area (Å²) in [5, 5.41) is 14.3. The molecule has 8 heteroatoms. The molecule has 4 amide bonds. The lowest BCUT2D eigenvalue weighted by atomic mass is 9.98. The van der Waals surface area contributed by atoms with E-state index in [9.17, 15) is 19.2 Å². The Bertz CT molecular complexity index is 540. The van der Waals surface area contributed by atoms with Crippen molar-refractivity contribution in [2.45, 2.75) is 64.0 Å². The SMILES string of the molecule is CC(C)C[C@H](NC(=O)CCN1C(=O)NC2(CCCC2)C1=O)C(=O)O. The molecule has 2 aliphatic rings. The van der Waals surface area contributed by atoms with Crippen LogP contribution in [0.3, 0.4) is 0 Å². The van der Waals surface area contributed by atoms with Crippen LogP contribution in [0.5, 0.6) is 0 Å². The number of carboxylic acid groups (broad SMARTS) is 1. The second kappa shape index (κ2) is 7.19. The van der Waals surface area contributed by atoms with E-state index in [0.717, 1.165) is 17.7 Å². The summed E-state index contributed by atoms with van der Waals surface area (Å²) >= 11 is 0. The first-order chi connectivity index (χ1) is 11.2. The zero-order chi connectivity index (χ0) is 17.9. The lowest BCUT2D eigenvalue weighted by molar-refractivity contribution is -0.142. The number of carboxylic acids is 1. The highest BCUT2D eigenvalue weighted by molar-refractivity contribution is 6.07. The van der Waals surface area contributed by atoms with Crippen LogP contribution >= 0.6 is 0 Å². The summed E-state index contributed by atoms with van der Waals surface area (Å²) in [6, 6.07) is -1.42. The predicted octanol–water partition coefficient (Wildman–Crippen LogP) is 0.857. The van der Waals surface area contributed by atoms with E-state index in [-0.39, 0.29) is 24.8 Å². The number of amides is 4. The molecular weight excluding hydrogens is 314 g/mol. The lowest BCUT2D eigenvalue weighted by Gasteiger charge is -2.20. The highest BCUT2D eigenvalue weighted by Gasteiger charge is 2.52. The molecule has 2 rings (SSSR count). The molecule has 24 heavy (non-hydrogen) atoms. The number of imide groups is 1. The molecule has 0 unspecified atom stereocenters. The second-order valence-electron chi connectivity index (χ2n) is 7.01. The normalized spacial score (nSPS) is 20.5. The molecule has 1 saturated carbocycles. The fourth-order valence-corrected chi connectivity index (χ4v) is 3.37. The smallest absolute Gasteiger partial charge is 0.326 e. The van der Waals surface area contributed by atoms with Crippen LogP contribution in [0.4, 0.5) is 4.79 Å².